The van der Waals surface area contributed by atoms with Crippen LogP contribution in [-0.4, -0.2) is 36.4 Å². The first kappa shape index (κ1) is 13.9. The maximum absolute atomic E-state index is 11.9. The Morgan fingerprint density at radius 2 is 2.31 bits per heavy atom. The fourth-order valence-electron chi connectivity index (χ4n) is 1.17. The minimum atomic E-state index is -3.23. The summed E-state index contributed by atoms with van der Waals surface area (Å²) in [5, 5.41) is 1.84. The summed E-state index contributed by atoms with van der Waals surface area (Å²) in [6, 6.07) is 0. The van der Waals surface area contributed by atoms with E-state index in [4.69, 9.17) is 11.6 Å². The molecule has 7 heteroatoms. The van der Waals surface area contributed by atoms with Crippen LogP contribution in [0, 0.1) is 5.92 Å². The lowest BCUT2D eigenvalue weighted by Gasteiger charge is -2.17. The van der Waals surface area contributed by atoms with Crippen LogP contribution in [0.2, 0.25) is 0 Å². The van der Waals surface area contributed by atoms with E-state index in [0.29, 0.717) is 12.4 Å². The van der Waals surface area contributed by atoms with E-state index < -0.39 is 10.0 Å². The highest BCUT2D eigenvalue weighted by Gasteiger charge is 2.21. The third-order valence-electron chi connectivity index (χ3n) is 2.10. The van der Waals surface area contributed by atoms with Crippen LogP contribution in [0.25, 0.3) is 0 Å². The molecule has 0 N–H and O–H groups in total. The summed E-state index contributed by atoms with van der Waals surface area (Å²) in [6.07, 6.45) is 0. The monoisotopic (exact) mass is 282 g/mol. The number of nitrogens with zero attached hydrogens (tertiary/aromatic N) is 2. The number of alkyl halides is 1. The fourth-order valence-corrected chi connectivity index (χ4v) is 3.38. The van der Waals surface area contributed by atoms with E-state index in [2.05, 4.69) is 4.98 Å². The van der Waals surface area contributed by atoms with E-state index in [0.717, 1.165) is 5.69 Å². The number of hydrogen-bond donors (Lipinski definition) is 0. The highest BCUT2D eigenvalue weighted by molar-refractivity contribution is 7.89. The molecule has 1 aromatic heterocycles. The SMILES string of the molecule is CC(CCl)CS(=O)(=O)N(C)Cc1cscn1. The fraction of sp³-hybridized carbons (Fsp3) is 0.667. The number of sulfonamides is 1. The molecule has 0 fully saturated rings. The van der Waals surface area contributed by atoms with Gasteiger partial charge in [0, 0.05) is 18.3 Å². The third-order valence-corrected chi connectivity index (χ3v) is 5.33. The first-order valence-corrected chi connectivity index (χ1v) is 7.91. The Hall–Kier alpha value is -0.170. The van der Waals surface area contributed by atoms with Crippen LogP contribution in [-0.2, 0) is 16.6 Å². The predicted octanol–water partition coefficient (Wildman–Crippen LogP) is 1.78. The van der Waals surface area contributed by atoms with E-state index >= 15 is 0 Å². The van der Waals surface area contributed by atoms with E-state index in [1.54, 1.807) is 12.6 Å². The topological polar surface area (TPSA) is 50.3 Å². The largest absolute Gasteiger partial charge is 0.248 e. The second kappa shape index (κ2) is 5.95. The zero-order valence-corrected chi connectivity index (χ0v) is 11.6. The maximum atomic E-state index is 11.9. The van der Waals surface area contributed by atoms with Gasteiger partial charge in [-0.2, -0.15) is 4.31 Å². The number of halogens is 1. The molecule has 1 unspecified atom stereocenters. The number of thiazole rings is 1. The second-order valence-electron chi connectivity index (χ2n) is 3.77. The minimum absolute atomic E-state index is 0.0375. The van der Waals surface area contributed by atoms with Gasteiger partial charge in [0.1, 0.15) is 0 Å². The number of hydrogen-bond acceptors (Lipinski definition) is 4. The zero-order chi connectivity index (χ0) is 12.2. The van der Waals surface area contributed by atoms with E-state index in [9.17, 15) is 8.42 Å². The maximum Gasteiger partial charge on any atom is 0.214 e. The van der Waals surface area contributed by atoms with E-state index in [1.165, 1.54) is 15.6 Å². The molecule has 16 heavy (non-hydrogen) atoms. The van der Waals surface area contributed by atoms with Crippen molar-refractivity contribution in [3.05, 3.63) is 16.6 Å². The van der Waals surface area contributed by atoms with Gasteiger partial charge >= 0.3 is 0 Å². The van der Waals surface area contributed by atoms with E-state index in [1.807, 2.05) is 12.3 Å². The quantitative estimate of drug-likeness (QED) is 0.748. The van der Waals surface area contributed by atoms with Crippen molar-refractivity contribution < 1.29 is 8.42 Å². The van der Waals surface area contributed by atoms with Gasteiger partial charge < -0.3 is 0 Å². The molecule has 1 rings (SSSR count). The van der Waals surface area contributed by atoms with Crippen molar-refractivity contribution in [2.75, 3.05) is 18.7 Å². The molecule has 1 heterocycles. The van der Waals surface area contributed by atoms with Crippen molar-refractivity contribution in [3.63, 3.8) is 0 Å². The zero-order valence-electron chi connectivity index (χ0n) is 9.26. The average Bonchev–Trinajstić information content (AvgIpc) is 2.69. The van der Waals surface area contributed by atoms with Crippen LogP contribution in [0.5, 0.6) is 0 Å². The Bertz CT molecular complexity index is 405. The van der Waals surface area contributed by atoms with Gasteiger partial charge in [-0.05, 0) is 5.92 Å². The molecule has 92 valence electrons. The summed E-state index contributed by atoms with van der Waals surface area (Å²) in [6.45, 7) is 2.14. The summed E-state index contributed by atoms with van der Waals surface area (Å²) in [7, 11) is -1.67. The lowest BCUT2D eigenvalue weighted by atomic mass is 10.3. The van der Waals surface area contributed by atoms with Crippen LogP contribution in [0.1, 0.15) is 12.6 Å². The Labute approximate surface area is 105 Å². The molecular formula is C9H15ClN2O2S2. The Kier molecular flexibility index (Phi) is 5.17. The Morgan fingerprint density at radius 3 is 2.81 bits per heavy atom. The summed E-state index contributed by atoms with van der Waals surface area (Å²) in [5.74, 6) is 0.394. The average molecular weight is 283 g/mol. The van der Waals surface area contributed by atoms with Crippen LogP contribution >= 0.6 is 22.9 Å². The summed E-state index contributed by atoms with van der Waals surface area (Å²) in [4.78, 5) is 4.06. The van der Waals surface area contributed by atoms with Gasteiger partial charge in [-0.3, -0.25) is 0 Å². The van der Waals surface area contributed by atoms with Gasteiger partial charge in [0.15, 0.2) is 0 Å². The molecule has 1 atom stereocenters. The van der Waals surface area contributed by atoms with E-state index in [-0.39, 0.29) is 11.7 Å². The number of rotatable bonds is 6. The van der Waals surface area contributed by atoms with Crippen molar-refractivity contribution in [2.24, 2.45) is 5.92 Å². The summed E-state index contributed by atoms with van der Waals surface area (Å²) >= 11 is 7.07. The minimum Gasteiger partial charge on any atom is -0.248 e. The lowest BCUT2D eigenvalue weighted by Crippen LogP contribution is -2.31. The van der Waals surface area contributed by atoms with Crippen molar-refractivity contribution in [1.82, 2.24) is 9.29 Å². The van der Waals surface area contributed by atoms with Gasteiger partial charge in [0.25, 0.3) is 0 Å². The van der Waals surface area contributed by atoms with Crippen LogP contribution < -0.4 is 0 Å². The number of aromatic nitrogens is 1. The van der Waals surface area contributed by atoms with Gasteiger partial charge in [-0.25, -0.2) is 13.4 Å². The lowest BCUT2D eigenvalue weighted by molar-refractivity contribution is 0.456. The summed E-state index contributed by atoms with van der Waals surface area (Å²) < 4.78 is 25.1. The smallest absolute Gasteiger partial charge is 0.214 e. The molecule has 0 bridgehead atoms. The molecule has 0 amide bonds. The van der Waals surface area contributed by atoms with Crippen molar-refractivity contribution >= 4 is 33.0 Å². The first-order valence-electron chi connectivity index (χ1n) is 4.82. The summed E-state index contributed by atoms with van der Waals surface area (Å²) in [5.41, 5.74) is 2.46. The standard InChI is InChI=1S/C9H15ClN2O2S2/c1-8(3-10)6-16(13,14)12(2)4-9-5-15-7-11-9/h5,7-8H,3-4,6H2,1-2H3. The Balaban J connectivity index is 2.62. The van der Waals surface area contributed by atoms with Crippen LogP contribution in [0.15, 0.2) is 10.9 Å². The molecule has 0 saturated heterocycles. The van der Waals surface area contributed by atoms with Crippen molar-refractivity contribution in [3.8, 4) is 0 Å². The normalized spacial score (nSPS) is 14.2. The first-order chi connectivity index (χ1) is 7.45. The molecule has 0 radical (unpaired) electrons. The molecule has 1 aromatic rings. The molecule has 0 spiro atoms. The predicted molar refractivity (Wildman–Crippen MR) is 67.3 cm³/mol. The van der Waals surface area contributed by atoms with Gasteiger partial charge in [0.05, 0.1) is 23.5 Å². The Morgan fingerprint density at radius 1 is 1.62 bits per heavy atom. The molecule has 0 saturated carbocycles. The van der Waals surface area contributed by atoms with Gasteiger partial charge in [-0.15, -0.1) is 22.9 Å². The van der Waals surface area contributed by atoms with Crippen LogP contribution in [0.3, 0.4) is 0 Å². The van der Waals surface area contributed by atoms with Gasteiger partial charge in [0.2, 0.25) is 10.0 Å². The third kappa shape index (κ3) is 4.01. The highest BCUT2D eigenvalue weighted by Crippen LogP contribution is 2.11. The molecular weight excluding hydrogens is 268 g/mol. The molecule has 4 nitrogen and oxygen atoms in total. The van der Waals surface area contributed by atoms with Crippen LogP contribution in [0.4, 0.5) is 0 Å². The van der Waals surface area contributed by atoms with Gasteiger partial charge in [-0.1, -0.05) is 6.92 Å². The molecule has 0 aromatic carbocycles. The molecule has 0 aliphatic heterocycles. The highest BCUT2D eigenvalue weighted by atomic mass is 35.5. The molecule has 0 aliphatic rings. The van der Waals surface area contributed by atoms with Crippen molar-refractivity contribution in [1.29, 1.82) is 0 Å². The van der Waals surface area contributed by atoms with Crippen molar-refractivity contribution in [2.45, 2.75) is 13.5 Å². The second-order valence-corrected chi connectivity index (χ2v) is 6.92. The molecule has 0 aliphatic carbocycles.